The molecule has 30 heavy (non-hydrogen) atoms. The maximum Gasteiger partial charge on any atom is 0.226 e. The molecule has 1 aliphatic rings. The van der Waals surface area contributed by atoms with Crippen LogP contribution in [0.3, 0.4) is 0 Å². The molecule has 2 aromatic carbocycles. The van der Waals surface area contributed by atoms with Gasteiger partial charge in [0.05, 0.1) is 27.5 Å². The van der Waals surface area contributed by atoms with Gasteiger partial charge in [-0.3, -0.25) is 4.79 Å². The number of halogens is 1. The Kier molecular flexibility index (Phi) is 4.63. The molecule has 0 bridgehead atoms. The number of fused-ring (bicyclic) bond motifs is 2. The lowest BCUT2D eigenvalue weighted by molar-refractivity contribution is -0.116. The van der Waals surface area contributed by atoms with E-state index in [1.165, 1.54) is 5.56 Å². The van der Waals surface area contributed by atoms with Crippen LogP contribution in [0.5, 0.6) is 5.75 Å². The Labute approximate surface area is 186 Å². The summed E-state index contributed by atoms with van der Waals surface area (Å²) >= 11 is 5.13. The molecule has 5 rings (SSSR count). The zero-order valence-corrected chi connectivity index (χ0v) is 19.1. The SMILES string of the molecule is COc1ccc([C@@H]2CC(=O)Nc3c2c(C)nn3-c2nc3ccc(C)cc3s2)cc1Br. The summed E-state index contributed by atoms with van der Waals surface area (Å²) in [5.74, 6) is 1.35. The zero-order chi connectivity index (χ0) is 21.0. The predicted molar refractivity (Wildman–Crippen MR) is 122 cm³/mol. The third kappa shape index (κ3) is 3.11. The molecule has 0 aliphatic carbocycles. The molecule has 1 N–H and O–H groups in total. The minimum atomic E-state index is -0.0821. The molecule has 0 unspecified atom stereocenters. The molecule has 4 aromatic rings. The van der Waals surface area contributed by atoms with Crippen molar-refractivity contribution in [2.45, 2.75) is 26.2 Å². The Morgan fingerprint density at radius 1 is 1.23 bits per heavy atom. The molecule has 1 amide bonds. The number of aryl methyl sites for hydroxylation is 2. The first-order valence-electron chi connectivity index (χ1n) is 9.55. The van der Waals surface area contributed by atoms with Crippen LogP contribution in [0.1, 0.15) is 34.7 Å². The van der Waals surface area contributed by atoms with Gasteiger partial charge in [0.2, 0.25) is 11.0 Å². The monoisotopic (exact) mass is 482 g/mol. The van der Waals surface area contributed by atoms with Gasteiger partial charge in [0.15, 0.2) is 0 Å². The largest absolute Gasteiger partial charge is 0.496 e. The van der Waals surface area contributed by atoms with Gasteiger partial charge in [-0.25, -0.2) is 4.98 Å². The number of nitrogens with zero attached hydrogens (tertiary/aromatic N) is 3. The molecule has 1 atom stereocenters. The molecule has 1 aliphatic heterocycles. The van der Waals surface area contributed by atoms with Crippen LogP contribution < -0.4 is 10.1 Å². The van der Waals surface area contributed by atoms with Crippen LogP contribution in [0, 0.1) is 13.8 Å². The highest BCUT2D eigenvalue weighted by Crippen LogP contribution is 2.42. The Hall–Kier alpha value is -2.71. The number of amides is 1. The van der Waals surface area contributed by atoms with E-state index in [2.05, 4.69) is 40.3 Å². The second kappa shape index (κ2) is 7.21. The van der Waals surface area contributed by atoms with Gasteiger partial charge in [0, 0.05) is 17.9 Å². The van der Waals surface area contributed by atoms with E-state index in [4.69, 9.17) is 14.8 Å². The summed E-state index contributed by atoms with van der Waals surface area (Å²) in [4.78, 5) is 17.4. The van der Waals surface area contributed by atoms with Gasteiger partial charge >= 0.3 is 0 Å². The normalized spacial score (nSPS) is 15.9. The molecule has 0 fully saturated rings. The Balaban J connectivity index is 1.65. The molecular formula is C22H19BrN4O2S. The van der Waals surface area contributed by atoms with Gasteiger partial charge in [-0.2, -0.15) is 9.78 Å². The van der Waals surface area contributed by atoms with Gasteiger partial charge in [0.1, 0.15) is 11.6 Å². The first-order chi connectivity index (χ1) is 14.4. The van der Waals surface area contributed by atoms with Gasteiger partial charge in [-0.15, -0.1) is 0 Å². The van der Waals surface area contributed by atoms with Crippen molar-refractivity contribution in [3.05, 3.63) is 63.3 Å². The van der Waals surface area contributed by atoms with Crippen LogP contribution >= 0.6 is 27.3 Å². The minimum Gasteiger partial charge on any atom is -0.496 e. The molecule has 0 saturated carbocycles. The number of carbonyl (C=O) groups is 1. The highest BCUT2D eigenvalue weighted by atomic mass is 79.9. The maximum atomic E-state index is 12.6. The van der Waals surface area contributed by atoms with Crippen molar-refractivity contribution in [3.63, 3.8) is 0 Å². The molecular weight excluding hydrogens is 464 g/mol. The number of aromatic nitrogens is 3. The van der Waals surface area contributed by atoms with E-state index in [0.29, 0.717) is 12.2 Å². The second-order valence-electron chi connectivity index (χ2n) is 7.43. The van der Waals surface area contributed by atoms with E-state index in [-0.39, 0.29) is 11.8 Å². The number of ether oxygens (including phenoxy) is 1. The number of methoxy groups -OCH3 is 1. The van der Waals surface area contributed by atoms with E-state index in [0.717, 1.165) is 42.4 Å². The van der Waals surface area contributed by atoms with Crippen molar-refractivity contribution < 1.29 is 9.53 Å². The van der Waals surface area contributed by atoms with Gasteiger partial charge in [-0.05, 0) is 65.2 Å². The van der Waals surface area contributed by atoms with E-state index >= 15 is 0 Å². The third-order valence-electron chi connectivity index (χ3n) is 5.39. The smallest absolute Gasteiger partial charge is 0.226 e. The van der Waals surface area contributed by atoms with E-state index in [1.807, 2.05) is 31.2 Å². The number of benzene rings is 2. The summed E-state index contributed by atoms with van der Waals surface area (Å²) in [7, 11) is 1.64. The number of hydrogen-bond acceptors (Lipinski definition) is 5. The lowest BCUT2D eigenvalue weighted by Crippen LogP contribution is -2.25. The van der Waals surface area contributed by atoms with Crippen LogP contribution in [0.15, 0.2) is 40.9 Å². The number of rotatable bonds is 3. The molecule has 6 nitrogen and oxygen atoms in total. The molecule has 0 saturated heterocycles. The average molecular weight is 483 g/mol. The fraction of sp³-hybridized carbons (Fsp3) is 0.227. The van der Waals surface area contributed by atoms with Crippen molar-refractivity contribution in [3.8, 4) is 10.9 Å². The number of hydrogen-bond donors (Lipinski definition) is 1. The lowest BCUT2D eigenvalue weighted by atomic mass is 9.86. The average Bonchev–Trinajstić information content (AvgIpc) is 3.27. The van der Waals surface area contributed by atoms with E-state index in [1.54, 1.807) is 23.1 Å². The highest BCUT2D eigenvalue weighted by Gasteiger charge is 2.33. The lowest BCUT2D eigenvalue weighted by Gasteiger charge is -2.24. The van der Waals surface area contributed by atoms with E-state index in [9.17, 15) is 4.79 Å². The van der Waals surface area contributed by atoms with Crippen molar-refractivity contribution in [2.75, 3.05) is 12.4 Å². The van der Waals surface area contributed by atoms with Crippen molar-refractivity contribution in [2.24, 2.45) is 0 Å². The minimum absolute atomic E-state index is 0.0300. The van der Waals surface area contributed by atoms with Gasteiger partial charge in [0.25, 0.3) is 0 Å². The molecule has 0 spiro atoms. The first kappa shape index (κ1) is 19.3. The third-order valence-corrected chi connectivity index (χ3v) is 7.01. The highest BCUT2D eigenvalue weighted by molar-refractivity contribution is 9.10. The summed E-state index contributed by atoms with van der Waals surface area (Å²) in [6.07, 6.45) is 0.372. The maximum absolute atomic E-state index is 12.6. The predicted octanol–water partition coefficient (Wildman–Crippen LogP) is 5.34. The van der Waals surface area contributed by atoms with E-state index < -0.39 is 0 Å². The van der Waals surface area contributed by atoms with Crippen molar-refractivity contribution in [1.29, 1.82) is 0 Å². The summed E-state index contributed by atoms with van der Waals surface area (Å²) in [6.45, 7) is 4.05. The van der Waals surface area contributed by atoms with Crippen LogP contribution in [-0.2, 0) is 4.79 Å². The van der Waals surface area contributed by atoms with Crippen molar-refractivity contribution in [1.82, 2.24) is 14.8 Å². The standard InChI is InChI=1S/C22H19BrN4O2S/c1-11-4-6-16-18(8-11)30-22(24-16)27-21-20(12(2)26-27)14(10-19(28)25-21)13-5-7-17(29-3)15(23)9-13/h4-9,14H,10H2,1-3H3,(H,25,28)/t14-/m0/s1. The molecule has 8 heteroatoms. The van der Waals surface area contributed by atoms with Crippen LogP contribution in [0.2, 0.25) is 0 Å². The first-order valence-corrected chi connectivity index (χ1v) is 11.2. The number of nitrogens with one attached hydrogen (secondary N) is 1. The molecule has 0 radical (unpaired) electrons. The Morgan fingerprint density at radius 3 is 2.83 bits per heavy atom. The molecule has 3 heterocycles. The van der Waals surface area contributed by atoms with Crippen molar-refractivity contribution >= 4 is 49.2 Å². The van der Waals surface area contributed by atoms with Gasteiger partial charge < -0.3 is 10.1 Å². The zero-order valence-electron chi connectivity index (χ0n) is 16.7. The molecule has 152 valence electrons. The van der Waals surface area contributed by atoms with Gasteiger partial charge in [-0.1, -0.05) is 23.5 Å². The number of thiazole rings is 1. The number of carbonyl (C=O) groups excluding carboxylic acids is 1. The fourth-order valence-electron chi connectivity index (χ4n) is 3.98. The Morgan fingerprint density at radius 2 is 2.07 bits per heavy atom. The fourth-order valence-corrected chi connectivity index (χ4v) is 5.56. The molecule has 2 aromatic heterocycles. The summed E-state index contributed by atoms with van der Waals surface area (Å²) in [6, 6.07) is 12.1. The summed E-state index contributed by atoms with van der Waals surface area (Å²) in [5.41, 5.74) is 5.08. The quantitative estimate of drug-likeness (QED) is 0.427. The Bertz CT molecular complexity index is 1310. The number of anilines is 1. The van der Waals surface area contributed by atoms with Crippen LogP contribution in [-0.4, -0.2) is 27.8 Å². The second-order valence-corrected chi connectivity index (χ2v) is 9.29. The topological polar surface area (TPSA) is 69.0 Å². The van der Waals surface area contributed by atoms with Crippen LogP contribution in [0.25, 0.3) is 15.3 Å². The summed E-state index contributed by atoms with van der Waals surface area (Å²) in [5, 5.41) is 8.54. The summed E-state index contributed by atoms with van der Waals surface area (Å²) < 4.78 is 9.09. The van der Waals surface area contributed by atoms with Crippen LogP contribution in [0.4, 0.5) is 5.82 Å².